The Bertz CT molecular complexity index is 595. The molecule has 3 aliphatic rings. The maximum Gasteiger partial charge on any atom is 0.244 e. The molecule has 0 radical (unpaired) electrons. The summed E-state index contributed by atoms with van der Waals surface area (Å²) in [4.78, 5) is 14.4. The third-order valence-electron chi connectivity index (χ3n) is 4.60. The Labute approximate surface area is 141 Å². The zero-order chi connectivity index (χ0) is 16.9. The fraction of sp³-hybridized carbons (Fsp3) is 0.500. The van der Waals surface area contributed by atoms with Crippen molar-refractivity contribution >= 4 is 5.91 Å². The highest BCUT2D eigenvalue weighted by molar-refractivity contribution is 5.88. The van der Waals surface area contributed by atoms with Crippen molar-refractivity contribution in [1.82, 2.24) is 10.2 Å². The number of rotatable bonds is 6. The fourth-order valence-corrected chi connectivity index (χ4v) is 3.23. The average Bonchev–Trinajstić information content (AvgIpc) is 2.60. The molecule has 0 saturated carbocycles. The topological polar surface area (TPSA) is 61.8 Å². The molecule has 1 aromatic carbocycles. The number of aliphatic hydroxyl groups is 1. The third-order valence-corrected chi connectivity index (χ3v) is 4.60. The van der Waals surface area contributed by atoms with Gasteiger partial charge in [-0.15, -0.1) is 0 Å². The van der Waals surface area contributed by atoms with E-state index in [2.05, 4.69) is 10.2 Å². The number of halogens is 1. The van der Waals surface area contributed by atoms with Crippen LogP contribution in [0, 0.1) is 11.7 Å². The van der Waals surface area contributed by atoms with Gasteiger partial charge in [0.1, 0.15) is 24.3 Å². The minimum absolute atomic E-state index is 0.0406. The van der Waals surface area contributed by atoms with E-state index in [4.69, 9.17) is 4.74 Å². The Balaban J connectivity index is 1.40. The number of hydrogen-bond acceptors (Lipinski definition) is 4. The third kappa shape index (κ3) is 4.55. The van der Waals surface area contributed by atoms with E-state index in [0.717, 1.165) is 32.5 Å². The van der Waals surface area contributed by atoms with Gasteiger partial charge in [0.25, 0.3) is 0 Å². The number of amides is 1. The summed E-state index contributed by atoms with van der Waals surface area (Å²) in [5, 5.41) is 12.6. The summed E-state index contributed by atoms with van der Waals surface area (Å²) in [6.45, 7) is 3.30. The Morgan fingerprint density at radius 3 is 2.71 bits per heavy atom. The summed E-state index contributed by atoms with van der Waals surface area (Å²) in [5.41, 5.74) is 1.20. The van der Waals surface area contributed by atoms with Crippen molar-refractivity contribution in [3.05, 3.63) is 41.7 Å². The first-order chi connectivity index (χ1) is 11.6. The Morgan fingerprint density at radius 1 is 1.38 bits per heavy atom. The molecule has 130 valence electrons. The van der Waals surface area contributed by atoms with Crippen LogP contribution in [0.4, 0.5) is 4.39 Å². The Kier molecular flexibility index (Phi) is 5.48. The first kappa shape index (κ1) is 16.9. The van der Waals surface area contributed by atoms with Gasteiger partial charge in [-0.2, -0.15) is 0 Å². The second-order valence-electron chi connectivity index (χ2n) is 6.43. The van der Waals surface area contributed by atoms with Gasteiger partial charge in [0, 0.05) is 19.2 Å². The zero-order valence-electron chi connectivity index (χ0n) is 13.6. The van der Waals surface area contributed by atoms with E-state index < -0.39 is 6.10 Å². The van der Waals surface area contributed by atoms with Crippen LogP contribution in [0.25, 0.3) is 0 Å². The number of nitrogens with zero attached hydrogens (tertiary/aromatic N) is 1. The zero-order valence-corrected chi connectivity index (χ0v) is 13.6. The number of piperidine rings is 3. The lowest BCUT2D eigenvalue weighted by Gasteiger charge is -2.40. The largest absolute Gasteiger partial charge is 0.491 e. The highest BCUT2D eigenvalue weighted by Crippen LogP contribution is 2.31. The quantitative estimate of drug-likeness (QED) is 0.771. The van der Waals surface area contributed by atoms with Crippen LogP contribution < -0.4 is 10.1 Å². The van der Waals surface area contributed by atoms with E-state index in [0.29, 0.717) is 11.7 Å². The van der Waals surface area contributed by atoms with Gasteiger partial charge in [-0.1, -0.05) is 0 Å². The molecule has 1 amide bonds. The molecule has 0 aromatic heterocycles. The van der Waals surface area contributed by atoms with E-state index in [-0.39, 0.29) is 24.9 Å². The second kappa shape index (κ2) is 7.77. The maximum atomic E-state index is 12.8. The number of ether oxygens (including phenoxy) is 1. The van der Waals surface area contributed by atoms with E-state index in [9.17, 15) is 14.3 Å². The number of nitrogens with one attached hydrogen (secondary N) is 1. The van der Waals surface area contributed by atoms with Gasteiger partial charge in [-0.05, 0) is 61.7 Å². The highest BCUT2D eigenvalue weighted by Gasteiger charge is 2.29. The van der Waals surface area contributed by atoms with Crippen molar-refractivity contribution in [2.75, 3.05) is 32.8 Å². The first-order valence-corrected chi connectivity index (χ1v) is 8.37. The molecule has 3 saturated heterocycles. The smallest absolute Gasteiger partial charge is 0.244 e. The monoisotopic (exact) mass is 334 g/mol. The van der Waals surface area contributed by atoms with Crippen LogP contribution in [0.5, 0.6) is 5.75 Å². The van der Waals surface area contributed by atoms with Crippen LogP contribution in [0.3, 0.4) is 0 Å². The summed E-state index contributed by atoms with van der Waals surface area (Å²) < 4.78 is 18.1. The predicted octanol–water partition coefficient (Wildman–Crippen LogP) is 1.33. The average molecular weight is 334 g/mol. The first-order valence-electron chi connectivity index (χ1n) is 8.37. The van der Waals surface area contributed by atoms with Crippen molar-refractivity contribution in [1.29, 1.82) is 0 Å². The number of aliphatic hydroxyl groups excluding tert-OH is 1. The maximum absolute atomic E-state index is 12.8. The van der Waals surface area contributed by atoms with E-state index >= 15 is 0 Å². The van der Waals surface area contributed by atoms with Gasteiger partial charge < -0.3 is 15.2 Å². The van der Waals surface area contributed by atoms with Gasteiger partial charge in [0.05, 0.1) is 0 Å². The summed E-state index contributed by atoms with van der Waals surface area (Å²) in [7, 11) is 0. The molecular formula is C18H23FN2O3. The fourth-order valence-electron chi connectivity index (χ4n) is 3.23. The molecule has 1 unspecified atom stereocenters. The van der Waals surface area contributed by atoms with Gasteiger partial charge >= 0.3 is 0 Å². The molecule has 3 heterocycles. The van der Waals surface area contributed by atoms with Crippen molar-refractivity contribution in [3.63, 3.8) is 0 Å². The summed E-state index contributed by atoms with van der Waals surface area (Å²) in [6.07, 6.45) is 3.13. The van der Waals surface area contributed by atoms with Crippen molar-refractivity contribution < 1.29 is 19.0 Å². The minimum Gasteiger partial charge on any atom is -0.491 e. The second-order valence-corrected chi connectivity index (χ2v) is 6.43. The number of fused-ring (bicyclic) bond motifs is 3. The molecule has 3 fully saturated rings. The molecule has 4 rings (SSSR count). The molecule has 6 heteroatoms. The molecule has 0 spiro atoms. The number of hydrogen-bond donors (Lipinski definition) is 2. The lowest BCUT2D eigenvalue weighted by Crippen LogP contribution is -2.43. The number of carbonyl (C=O) groups is 1. The number of carbonyl (C=O) groups excluding carboxylic acids is 1. The van der Waals surface area contributed by atoms with Crippen molar-refractivity contribution in [2.24, 2.45) is 5.92 Å². The van der Waals surface area contributed by atoms with Crippen LogP contribution in [-0.4, -0.2) is 54.8 Å². The molecule has 5 nitrogen and oxygen atoms in total. The Morgan fingerprint density at radius 2 is 2.08 bits per heavy atom. The summed E-state index contributed by atoms with van der Waals surface area (Å²) in [6, 6.07) is 5.59. The SMILES string of the molecule is O=C(/C=C1/CN2CCC1CC2)NCC(O)COc1ccc(F)cc1. The van der Waals surface area contributed by atoms with Crippen LogP contribution in [-0.2, 0) is 4.79 Å². The number of benzene rings is 1. The van der Waals surface area contributed by atoms with E-state index in [1.54, 1.807) is 6.08 Å². The molecule has 2 bridgehead atoms. The van der Waals surface area contributed by atoms with Gasteiger partial charge in [-0.25, -0.2) is 4.39 Å². The van der Waals surface area contributed by atoms with E-state index in [1.807, 2.05) is 0 Å². The molecule has 1 aromatic rings. The van der Waals surface area contributed by atoms with Crippen LogP contribution in [0.1, 0.15) is 12.8 Å². The Hall–Kier alpha value is -1.92. The van der Waals surface area contributed by atoms with Gasteiger partial charge in [0.15, 0.2) is 0 Å². The lowest BCUT2D eigenvalue weighted by atomic mass is 9.83. The van der Waals surface area contributed by atoms with Gasteiger partial charge in [0.2, 0.25) is 5.91 Å². The van der Waals surface area contributed by atoms with Crippen molar-refractivity contribution in [2.45, 2.75) is 18.9 Å². The lowest BCUT2D eigenvalue weighted by molar-refractivity contribution is -0.117. The summed E-state index contributed by atoms with van der Waals surface area (Å²) in [5.74, 6) is 0.513. The van der Waals surface area contributed by atoms with Gasteiger partial charge in [-0.3, -0.25) is 9.69 Å². The van der Waals surface area contributed by atoms with Crippen LogP contribution in [0.15, 0.2) is 35.9 Å². The molecule has 3 aliphatic heterocycles. The molecule has 2 N–H and O–H groups in total. The summed E-state index contributed by atoms with van der Waals surface area (Å²) >= 11 is 0. The predicted molar refractivity (Wildman–Crippen MR) is 88.2 cm³/mol. The molecular weight excluding hydrogens is 311 g/mol. The normalized spacial score (nSPS) is 25.5. The van der Waals surface area contributed by atoms with Crippen LogP contribution in [0.2, 0.25) is 0 Å². The standard InChI is InChI=1S/C18H23FN2O3/c19-15-1-3-17(4-2-15)24-12-16(22)10-20-18(23)9-14-11-21-7-5-13(14)6-8-21/h1-4,9,13,16,22H,5-8,10-12H2,(H,20,23)/b14-9-. The molecule has 1 atom stereocenters. The van der Waals surface area contributed by atoms with E-state index in [1.165, 1.54) is 29.8 Å². The molecule has 24 heavy (non-hydrogen) atoms. The van der Waals surface area contributed by atoms with Crippen molar-refractivity contribution in [3.8, 4) is 5.75 Å². The molecule has 0 aliphatic carbocycles. The van der Waals surface area contributed by atoms with Crippen LogP contribution >= 0.6 is 0 Å². The minimum atomic E-state index is -0.816. The highest BCUT2D eigenvalue weighted by atomic mass is 19.1.